The van der Waals surface area contributed by atoms with Gasteiger partial charge in [0, 0.05) is 12.7 Å². The first-order valence-electron chi connectivity index (χ1n) is 5.38. The van der Waals surface area contributed by atoms with E-state index in [1.807, 2.05) is 20.8 Å². The van der Waals surface area contributed by atoms with Crippen LogP contribution in [0, 0.1) is 5.41 Å². The maximum Gasteiger partial charge on any atom is 0.436 e. The number of hydrogen-bond donors (Lipinski definition) is 1. The monoisotopic (exact) mass is 264 g/mol. The van der Waals surface area contributed by atoms with Gasteiger partial charge in [0.05, 0.1) is 0 Å². The third-order valence-corrected chi connectivity index (χ3v) is 2.35. The number of aromatic carboxylic acids is 1. The second-order valence-corrected chi connectivity index (χ2v) is 5.27. The van der Waals surface area contributed by atoms with E-state index < -0.39 is 23.4 Å². The lowest BCUT2D eigenvalue weighted by molar-refractivity contribution is -0.142. The fourth-order valence-corrected chi connectivity index (χ4v) is 1.35. The van der Waals surface area contributed by atoms with E-state index in [1.54, 1.807) is 0 Å². The first-order valence-corrected chi connectivity index (χ1v) is 5.38. The molecule has 7 heteroatoms. The molecule has 0 spiro atoms. The molecular formula is C11H15F3N2O2. The molecule has 0 radical (unpaired) electrons. The lowest BCUT2D eigenvalue weighted by atomic mass is 9.92. The van der Waals surface area contributed by atoms with Crippen LogP contribution in [0.5, 0.6) is 0 Å². The van der Waals surface area contributed by atoms with Crippen molar-refractivity contribution in [1.29, 1.82) is 0 Å². The van der Waals surface area contributed by atoms with Crippen LogP contribution in [0.3, 0.4) is 0 Å². The molecule has 102 valence electrons. The number of carbonyl (C=O) groups is 1. The molecule has 1 aromatic rings. The maximum atomic E-state index is 12.6. The van der Waals surface area contributed by atoms with Crippen molar-refractivity contribution in [3.8, 4) is 0 Å². The van der Waals surface area contributed by atoms with Crippen molar-refractivity contribution in [2.45, 2.75) is 39.9 Å². The molecule has 1 N–H and O–H groups in total. The van der Waals surface area contributed by atoms with E-state index >= 15 is 0 Å². The van der Waals surface area contributed by atoms with Crippen LogP contribution in [0.4, 0.5) is 13.2 Å². The fraction of sp³-hybridized carbons (Fsp3) is 0.636. The quantitative estimate of drug-likeness (QED) is 0.912. The van der Waals surface area contributed by atoms with Gasteiger partial charge in [0.25, 0.3) is 0 Å². The topological polar surface area (TPSA) is 55.1 Å². The number of halogens is 3. The highest BCUT2D eigenvalue weighted by molar-refractivity contribution is 5.88. The van der Waals surface area contributed by atoms with Crippen LogP contribution < -0.4 is 0 Å². The summed E-state index contributed by atoms with van der Waals surface area (Å²) in [5, 5.41) is 12.0. The highest BCUT2D eigenvalue weighted by Crippen LogP contribution is 2.31. The van der Waals surface area contributed by atoms with E-state index in [0.717, 1.165) is 10.9 Å². The van der Waals surface area contributed by atoms with Gasteiger partial charge in [-0.15, -0.1) is 0 Å². The zero-order valence-corrected chi connectivity index (χ0v) is 10.4. The average molecular weight is 264 g/mol. The van der Waals surface area contributed by atoms with Crippen molar-refractivity contribution in [1.82, 2.24) is 9.78 Å². The molecule has 0 aliphatic rings. The Morgan fingerprint density at radius 1 is 1.39 bits per heavy atom. The maximum absolute atomic E-state index is 12.6. The fourth-order valence-electron chi connectivity index (χ4n) is 1.35. The Balaban J connectivity index is 3.00. The highest BCUT2D eigenvalue weighted by atomic mass is 19.4. The molecule has 0 aromatic carbocycles. The predicted molar refractivity (Wildman–Crippen MR) is 58.3 cm³/mol. The van der Waals surface area contributed by atoms with Crippen LogP contribution in [0.1, 0.15) is 43.2 Å². The number of alkyl halides is 3. The van der Waals surface area contributed by atoms with Gasteiger partial charge in [0.15, 0.2) is 5.69 Å². The number of aryl methyl sites for hydroxylation is 1. The number of aromatic nitrogens is 2. The molecule has 0 aliphatic heterocycles. The van der Waals surface area contributed by atoms with Gasteiger partial charge in [0.1, 0.15) is 5.56 Å². The van der Waals surface area contributed by atoms with Crippen LogP contribution in [0.2, 0.25) is 0 Å². The number of carboxylic acid groups (broad SMARTS) is 1. The van der Waals surface area contributed by atoms with E-state index in [0.29, 0.717) is 6.42 Å². The van der Waals surface area contributed by atoms with Crippen molar-refractivity contribution in [3.63, 3.8) is 0 Å². The summed E-state index contributed by atoms with van der Waals surface area (Å²) in [4.78, 5) is 10.7. The Hall–Kier alpha value is -1.53. The predicted octanol–water partition coefficient (Wildman–Crippen LogP) is 3.04. The Labute approximate surface area is 102 Å². The third kappa shape index (κ3) is 3.75. The largest absolute Gasteiger partial charge is 0.478 e. The van der Waals surface area contributed by atoms with Crippen LogP contribution in [0.15, 0.2) is 6.20 Å². The molecule has 0 fully saturated rings. The van der Waals surface area contributed by atoms with Gasteiger partial charge in [-0.2, -0.15) is 18.3 Å². The number of rotatable bonds is 3. The van der Waals surface area contributed by atoms with Crippen LogP contribution in [0.25, 0.3) is 0 Å². The molecule has 18 heavy (non-hydrogen) atoms. The van der Waals surface area contributed by atoms with Gasteiger partial charge in [0.2, 0.25) is 0 Å². The summed E-state index contributed by atoms with van der Waals surface area (Å²) in [6, 6.07) is 0. The number of nitrogens with zero attached hydrogens (tertiary/aromatic N) is 2. The second-order valence-electron chi connectivity index (χ2n) is 5.27. The summed E-state index contributed by atoms with van der Waals surface area (Å²) in [6.45, 7) is 6.08. The van der Waals surface area contributed by atoms with Crippen molar-refractivity contribution in [3.05, 3.63) is 17.5 Å². The van der Waals surface area contributed by atoms with Crippen molar-refractivity contribution < 1.29 is 23.1 Å². The molecule has 0 amide bonds. The van der Waals surface area contributed by atoms with Crippen LogP contribution >= 0.6 is 0 Å². The lowest BCUT2D eigenvalue weighted by Gasteiger charge is -2.17. The Morgan fingerprint density at radius 3 is 2.28 bits per heavy atom. The molecule has 0 saturated heterocycles. The van der Waals surface area contributed by atoms with Crippen LogP contribution in [-0.4, -0.2) is 20.9 Å². The number of carboxylic acids is 1. The molecule has 0 bridgehead atoms. The SMILES string of the molecule is CC(C)(C)CCn1cc(C(=O)O)c(C(F)(F)F)n1. The second kappa shape index (κ2) is 4.62. The Bertz CT molecular complexity index is 444. The standard InChI is InChI=1S/C11H15F3N2O2/c1-10(2,3)4-5-16-6-7(9(17)18)8(15-16)11(12,13)14/h6H,4-5H2,1-3H3,(H,17,18). The average Bonchev–Trinajstić information content (AvgIpc) is 2.56. The minimum Gasteiger partial charge on any atom is -0.478 e. The molecule has 4 nitrogen and oxygen atoms in total. The molecule has 0 atom stereocenters. The minimum atomic E-state index is -4.75. The van der Waals surface area contributed by atoms with Gasteiger partial charge in [-0.1, -0.05) is 20.8 Å². The summed E-state index contributed by atoms with van der Waals surface area (Å²) < 4.78 is 38.7. The summed E-state index contributed by atoms with van der Waals surface area (Å²) in [6.07, 6.45) is -3.22. The number of hydrogen-bond acceptors (Lipinski definition) is 2. The van der Waals surface area contributed by atoms with E-state index in [1.165, 1.54) is 0 Å². The first kappa shape index (κ1) is 14.5. The summed E-state index contributed by atoms with van der Waals surface area (Å²) in [7, 11) is 0. The lowest BCUT2D eigenvalue weighted by Crippen LogP contribution is -2.13. The molecule has 1 aromatic heterocycles. The Kier molecular flexibility index (Phi) is 3.73. The highest BCUT2D eigenvalue weighted by Gasteiger charge is 2.39. The smallest absolute Gasteiger partial charge is 0.436 e. The van der Waals surface area contributed by atoms with Crippen LogP contribution in [-0.2, 0) is 12.7 Å². The third-order valence-electron chi connectivity index (χ3n) is 2.35. The first-order chi connectivity index (χ1) is 8.00. The van der Waals surface area contributed by atoms with Gasteiger partial charge in [-0.25, -0.2) is 4.79 Å². The van der Waals surface area contributed by atoms with Gasteiger partial charge in [-0.3, -0.25) is 4.68 Å². The van der Waals surface area contributed by atoms with Crippen molar-refractivity contribution in [2.75, 3.05) is 0 Å². The summed E-state index contributed by atoms with van der Waals surface area (Å²) >= 11 is 0. The van der Waals surface area contributed by atoms with E-state index in [2.05, 4.69) is 5.10 Å². The molecule has 1 rings (SSSR count). The van der Waals surface area contributed by atoms with Gasteiger partial charge >= 0.3 is 12.1 Å². The molecule has 0 unspecified atom stereocenters. The van der Waals surface area contributed by atoms with Crippen molar-refractivity contribution in [2.24, 2.45) is 5.41 Å². The molecule has 0 saturated carbocycles. The van der Waals surface area contributed by atoms with E-state index in [9.17, 15) is 18.0 Å². The van der Waals surface area contributed by atoms with Gasteiger partial charge < -0.3 is 5.11 Å². The molecule has 0 aliphatic carbocycles. The zero-order chi connectivity index (χ0) is 14.1. The van der Waals surface area contributed by atoms with Crippen molar-refractivity contribution >= 4 is 5.97 Å². The molecule has 1 heterocycles. The normalized spacial score (nSPS) is 12.8. The zero-order valence-electron chi connectivity index (χ0n) is 10.4. The van der Waals surface area contributed by atoms with E-state index in [-0.39, 0.29) is 12.0 Å². The summed E-state index contributed by atoms with van der Waals surface area (Å²) in [5.74, 6) is -1.62. The minimum absolute atomic E-state index is 0.0618. The summed E-state index contributed by atoms with van der Waals surface area (Å²) in [5.41, 5.74) is -2.21. The Morgan fingerprint density at radius 2 is 1.94 bits per heavy atom. The molecular weight excluding hydrogens is 249 g/mol. The van der Waals surface area contributed by atoms with E-state index in [4.69, 9.17) is 5.11 Å². The van der Waals surface area contributed by atoms with Gasteiger partial charge in [-0.05, 0) is 11.8 Å².